The number of hydrogen-bond acceptors (Lipinski definition) is 3. The highest BCUT2D eigenvalue weighted by Crippen LogP contribution is 2.28. The monoisotopic (exact) mass is 450 g/mol. The molecule has 0 fully saturated rings. The Bertz CT molecular complexity index is 1280. The quantitative estimate of drug-likeness (QED) is 0.390. The first-order chi connectivity index (χ1) is 14.8. The number of carbonyl (C=O) groups excluding carboxylic acids is 1. The fourth-order valence-electron chi connectivity index (χ4n) is 3.24. The molecular formula is C24H20Cl2N4O. The van der Waals surface area contributed by atoms with Gasteiger partial charge in [-0.15, -0.1) is 5.10 Å². The van der Waals surface area contributed by atoms with Crippen molar-refractivity contribution >= 4 is 34.8 Å². The van der Waals surface area contributed by atoms with E-state index in [1.165, 1.54) is 0 Å². The number of halogens is 2. The number of nitrogens with one attached hydrogen (secondary N) is 1. The number of aromatic nitrogens is 3. The zero-order chi connectivity index (χ0) is 22.1. The van der Waals surface area contributed by atoms with E-state index in [1.54, 1.807) is 16.8 Å². The Kier molecular flexibility index (Phi) is 5.81. The smallest absolute Gasteiger partial charge is 0.295 e. The van der Waals surface area contributed by atoms with Crippen molar-refractivity contribution in [3.63, 3.8) is 0 Å². The maximum atomic E-state index is 13.0. The van der Waals surface area contributed by atoms with Gasteiger partial charge in [-0.3, -0.25) is 4.79 Å². The van der Waals surface area contributed by atoms with Gasteiger partial charge in [-0.05, 0) is 79.9 Å². The highest BCUT2D eigenvalue weighted by Gasteiger charge is 2.21. The summed E-state index contributed by atoms with van der Waals surface area (Å²) in [7, 11) is 0. The van der Waals surface area contributed by atoms with E-state index in [1.807, 2.05) is 69.3 Å². The minimum Gasteiger partial charge on any atom is -0.319 e. The van der Waals surface area contributed by atoms with Crippen molar-refractivity contribution in [1.82, 2.24) is 14.8 Å². The summed E-state index contributed by atoms with van der Waals surface area (Å²) in [6.07, 6.45) is 0. The number of carbonyl (C=O) groups is 1. The summed E-state index contributed by atoms with van der Waals surface area (Å²) in [5, 5.41) is 8.67. The van der Waals surface area contributed by atoms with Gasteiger partial charge in [-0.2, -0.15) is 0 Å². The molecule has 4 rings (SSSR count). The molecule has 1 N–H and O–H groups in total. The van der Waals surface area contributed by atoms with E-state index >= 15 is 0 Å². The van der Waals surface area contributed by atoms with Gasteiger partial charge in [0.25, 0.3) is 5.91 Å². The maximum Gasteiger partial charge on any atom is 0.295 e. The minimum atomic E-state index is -0.387. The summed E-state index contributed by atoms with van der Waals surface area (Å²) >= 11 is 12.4. The molecule has 0 radical (unpaired) electrons. The van der Waals surface area contributed by atoms with Crippen molar-refractivity contribution in [3.8, 4) is 17.1 Å². The summed E-state index contributed by atoms with van der Waals surface area (Å²) in [4.78, 5) is 17.6. The van der Waals surface area contributed by atoms with E-state index in [0.717, 1.165) is 33.6 Å². The van der Waals surface area contributed by atoms with Crippen LogP contribution in [-0.2, 0) is 0 Å². The van der Waals surface area contributed by atoms with Crippen LogP contribution in [0.3, 0.4) is 0 Å². The minimum absolute atomic E-state index is 0.0604. The molecule has 5 nitrogen and oxygen atoms in total. The Morgan fingerprint density at radius 2 is 1.71 bits per heavy atom. The average molecular weight is 451 g/mol. The topological polar surface area (TPSA) is 59.8 Å². The Balaban J connectivity index is 1.81. The van der Waals surface area contributed by atoms with Gasteiger partial charge in [-0.1, -0.05) is 41.4 Å². The normalized spacial score (nSPS) is 10.9. The molecule has 156 valence electrons. The lowest BCUT2D eigenvalue weighted by Crippen LogP contribution is -2.15. The Labute approximate surface area is 190 Å². The van der Waals surface area contributed by atoms with Crippen LogP contribution < -0.4 is 5.32 Å². The van der Waals surface area contributed by atoms with Crippen molar-refractivity contribution in [2.45, 2.75) is 20.8 Å². The molecule has 1 amide bonds. The number of benzene rings is 3. The van der Waals surface area contributed by atoms with Gasteiger partial charge in [0.05, 0.1) is 5.69 Å². The van der Waals surface area contributed by atoms with E-state index in [2.05, 4.69) is 15.4 Å². The molecular weight excluding hydrogens is 431 g/mol. The Hall–Kier alpha value is -3.15. The predicted molar refractivity (Wildman–Crippen MR) is 125 cm³/mol. The molecule has 4 aromatic rings. The number of nitrogens with zero attached hydrogens (tertiary/aromatic N) is 3. The second kappa shape index (κ2) is 8.53. The molecule has 1 aromatic heterocycles. The zero-order valence-electron chi connectivity index (χ0n) is 17.3. The fraction of sp³-hybridized carbons (Fsp3) is 0.125. The van der Waals surface area contributed by atoms with Crippen LogP contribution in [0.25, 0.3) is 17.1 Å². The first-order valence-corrected chi connectivity index (χ1v) is 10.5. The molecule has 0 bridgehead atoms. The van der Waals surface area contributed by atoms with Crippen LogP contribution in [-0.4, -0.2) is 20.7 Å². The van der Waals surface area contributed by atoms with Crippen LogP contribution in [0.4, 0.5) is 5.69 Å². The number of rotatable bonds is 4. The Morgan fingerprint density at radius 1 is 0.968 bits per heavy atom. The van der Waals surface area contributed by atoms with Gasteiger partial charge < -0.3 is 5.32 Å². The highest BCUT2D eigenvalue weighted by atomic mass is 35.5. The highest BCUT2D eigenvalue weighted by molar-refractivity contribution is 6.31. The van der Waals surface area contributed by atoms with Gasteiger partial charge >= 0.3 is 0 Å². The number of aryl methyl sites for hydroxylation is 2. The first kappa shape index (κ1) is 21.1. The van der Waals surface area contributed by atoms with E-state index in [-0.39, 0.29) is 11.7 Å². The molecule has 0 saturated heterocycles. The van der Waals surface area contributed by atoms with E-state index in [9.17, 15) is 4.79 Å². The summed E-state index contributed by atoms with van der Waals surface area (Å²) in [5.74, 6) is 0.195. The third-order valence-electron chi connectivity index (χ3n) is 5.02. The molecule has 3 aromatic carbocycles. The van der Waals surface area contributed by atoms with Crippen molar-refractivity contribution < 1.29 is 4.79 Å². The maximum absolute atomic E-state index is 13.0. The fourth-order valence-corrected chi connectivity index (χ4v) is 3.53. The molecule has 0 aliphatic carbocycles. The van der Waals surface area contributed by atoms with Crippen LogP contribution in [0.15, 0.2) is 60.7 Å². The van der Waals surface area contributed by atoms with Crippen LogP contribution in [0.1, 0.15) is 27.3 Å². The third kappa shape index (κ3) is 4.33. The molecule has 0 unspecified atom stereocenters. The van der Waals surface area contributed by atoms with Gasteiger partial charge in [-0.25, -0.2) is 9.67 Å². The first-order valence-electron chi connectivity index (χ1n) is 9.70. The van der Waals surface area contributed by atoms with Gasteiger partial charge in [0.1, 0.15) is 0 Å². The summed E-state index contributed by atoms with van der Waals surface area (Å²) in [6, 6.07) is 18.7. The van der Waals surface area contributed by atoms with E-state index in [4.69, 9.17) is 23.2 Å². The molecule has 0 spiro atoms. The molecule has 0 saturated carbocycles. The van der Waals surface area contributed by atoms with Crippen molar-refractivity contribution in [2.75, 3.05) is 5.32 Å². The van der Waals surface area contributed by atoms with E-state index < -0.39 is 0 Å². The predicted octanol–water partition coefficient (Wildman–Crippen LogP) is 6.42. The molecule has 1 heterocycles. The Morgan fingerprint density at radius 3 is 2.45 bits per heavy atom. The number of anilines is 1. The molecule has 0 aliphatic rings. The number of amides is 1. The second-order valence-electron chi connectivity index (χ2n) is 7.33. The zero-order valence-corrected chi connectivity index (χ0v) is 18.8. The van der Waals surface area contributed by atoms with Crippen LogP contribution >= 0.6 is 23.2 Å². The van der Waals surface area contributed by atoms with Crippen LogP contribution in [0.5, 0.6) is 0 Å². The largest absolute Gasteiger partial charge is 0.319 e. The third-order valence-corrected chi connectivity index (χ3v) is 5.68. The molecule has 0 atom stereocenters. The van der Waals surface area contributed by atoms with Gasteiger partial charge in [0.2, 0.25) is 5.82 Å². The SMILES string of the molecule is Cc1ccc(C)c(NC(=O)c2nc(-c3ccc(Cl)cc3)n(-c3cccc(Cl)c3C)n2)c1. The molecule has 0 aliphatic heterocycles. The van der Waals surface area contributed by atoms with Crippen molar-refractivity contribution in [1.29, 1.82) is 0 Å². The van der Waals surface area contributed by atoms with Crippen LogP contribution in [0, 0.1) is 20.8 Å². The summed E-state index contributed by atoms with van der Waals surface area (Å²) in [5.41, 5.74) is 5.11. The van der Waals surface area contributed by atoms with Crippen LogP contribution in [0.2, 0.25) is 10.0 Å². The van der Waals surface area contributed by atoms with Crippen molar-refractivity contribution in [3.05, 3.63) is 93.2 Å². The standard InChI is InChI=1S/C24H20Cl2N4O/c1-14-7-8-15(2)20(13-14)27-24(31)22-28-23(17-9-11-18(25)12-10-17)30(29-22)21-6-4-5-19(26)16(21)3/h4-13H,1-3H3,(H,27,31). The number of hydrogen-bond donors (Lipinski definition) is 1. The lowest BCUT2D eigenvalue weighted by Gasteiger charge is -2.10. The summed E-state index contributed by atoms with van der Waals surface area (Å²) < 4.78 is 1.64. The average Bonchev–Trinajstić information content (AvgIpc) is 3.18. The van der Waals surface area contributed by atoms with E-state index in [0.29, 0.717) is 15.9 Å². The van der Waals surface area contributed by atoms with Crippen molar-refractivity contribution in [2.24, 2.45) is 0 Å². The lowest BCUT2D eigenvalue weighted by molar-refractivity contribution is 0.101. The molecule has 7 heteroatoms. The molecule has 31 heavy (non-hydrogen) atoms. The van der Waals surface area contributed by atoms with Gasteiger partial charge in [0, 0.05) is 21.3 Å². The van der Waals surface area contributed by atoms with Gasteiger partial charge in [0.15, 0.2) is 5.82 Å². The summed E-state index contributed by atoms with van der Waals surface area (Å²) in [6.45, 7) is 5.82. The second-order valence-corrected chi connectivity index (χ2v) is 8.18. The lowest BCUT2D eigenvalue weighted by atomic mass is 10.1.